The zero-order valence-electron chi connectivity index (χ0n) is 19.7. The zero-order chi connectivity index (χ0) is 23.1. The molecule has 5 heteroatoms. The van der Waals surface area contributed by atoms with E-state index in [0.717, 1.165) is 36.8 Å². The Morgan fingerprint density at radius 3 is 2.47 bits per heavy atom. The van der Waals surface area contributed by atoms with Gasteiger partial charge in [0.1, 0.15) is 18.1 Å². The largest absolute Gasteiger partial charge is 0.501 e. The number of rotatable bonds is 7. The summed E-state index contributed by atoms with van der Waals surface area (Å²) < 4.78 is 18.4. The molecule has 1 saturated heterocycles. The van der Waals surface area contributed by atoms with Gasteiger partial charge < -0.3 is 14.2 Å². The quantitative estimate of drug-likeness (QED) is 0.393. The molecule has 0 bridgehead atoms. The number of benzene rings is 2. The molecule has 0 saturated carbocycles. The Hall–Kier alpha value is -3.02. The molecule has 1 aromatic heterocycles. The van der Waals surface area contributed by atoms with Crippen molar-refractivity contribution in [2.75, 3.05) is 40.5 Å². The lowest BCUT2D eigenvalue weighted by Crippen LogP contribution is -2.25. The Morgan fingerprint density at radius 1 is 0.912 bits per heavy atom. The molecule has 3 aliphatic rings. The van der Waals surface area contributed by atoms with Crippen molar-refractivity contribution in [3.05, 3.63) is 82.0 Å². The van der Waals surface area contributed by atoms with E-state index in [1.165, 1.54) is 68.7 Å². The van der Waals surface area contributed by atoms with Gasteiger partial charge in [0, 0.05) is 33.5 Å². The van der Waals surface area contributed by atoms with Crippen molar-refractivity contribution in [3.8, 4) is 11.5 Å². The molecule has 0 N–H and O–H groups in total. The van der Waals surface area contributed by atoms with E-state index in [1.807, 2.05) is 11.3 Å². The maximum atomic E-state index is 6.07. The van der Waals surface area contributed by atoms with Gasteiger partial charge in [-0.2, -0.15) is 0 Å². The highest BCUT2D eigenvalue weighted by Gasteiger charge is 2.33. The van der Waals surface area contributed by atoms with E-state index < -0.39 is 0 Å². The van der Waals surface area contributed by atoms with Crippen molar-refractivity contribution >= 4 is 32.6 Å². The molecule has 1 fully saturated rings. The average molecular weight is 472 g/mol. The molecule has 174 valence electrons. The summed E-state index contributed by atoms with van der Waals surface area (Å²) in [7, 11) is 3.48. The molecule has 2 heterocycles. The summed E-state index contributed by atoms with van der Waals surface area (Å²) in [5, 5.41) is 1.28. The fraction of sp³-hybridized carbons (Fsp3) is 0.310. The predicted octanol–water partition coefficient (Wildman–Crippen LogP) is 6.52. The number of methoxy groups -OCH3 is 2. The third-order valence-electron chi connectivity index (χ3n) is 7.09. The second-order valence-corrected chi connectivity index (χ2v) is 10.1. The van der Waals surface area contributed by atoms with Gasteiger partial charge in [0.05, 0.1) is 20.0 Å². The summed E-state index contributed by atoms with van der Waals surface area (Å²) in [6, 6.07) is 15.0. The van der Waals surface area contributed by atoms with E-state index in [0.29, 0.717) is 0 Å². The van der Waals surface area contributed by atoms with Crippen molar-refractivity contribution in [2.24, 2.45) is 0 Å². The van der Waals surface area contributed by atoms with Crippen LogP contribution in [0, 0.1) is 0 Å². The Balaban J connectivity index is 1.35. The minimum atomic E-state index is 0.739. The molecule has 2 aromatic carbocycles. The van der Waals surface area contributed by atoms with Crippen LogP contribution in [0.1, 0.15) is 35.3 Å². The topological polar surface area (TPSA) is 30.9 Å². The van der Waals surface area contributed by atoms with Gasteiger partial charge in [-0.3, -0.25) is 4.90 Å². The lowest BCUT2D eigenvalue weighted by molar-refractivity contribution is 0.238. The second kappa shape index (κ2) is 8.97. The standard InChI is InChI=1S/C29H29NO3S/c1-31-21-9-11-23-25(17-21)27(28-24-12-10-22(32-2)18-26(24)34-29(23)28)19-5-7-20(8-6-19)33-16-15-30-13-3-4-14-30/h5-12,18H,3-4,13-17H2,1-2H3. The van der Waals surface area contributed by atoms with E-state index in [2.05, 4.69) is 59.5 Å². The number of likely N-dealkylation sites (tertiary alicyclic amines) is 1. The summed E-state index contributed by atoms with van der Waals surface area (Å²) in [6.45, 7) is 4.15. The SMILES string of the molecule is COC1=CC=C2C(=C(c3ccc(OCCN4CCCC4)cc3)c3c2sc2cc(OC)ccc32)C1. The van der Waals surface area contributed by atoms with Crippen LogP contribution in [0.25, 0.3) is 21.2 Å². The predicted molar refractivity (Wildman–Crippen MR) is 140 cm³/mol. The van der Waals surface area contributed by atoms with E-state index in [4.69, 9.17) is 14.2 Å². The van der Waals surface area contributed by atoms with Crippen LogP contribution in [0.15, 0.2) is 65.9 Å². The summed E-state index contributed by atoms with van der Waals surface area (Å²) in [4.78, 5) is 3.82. The van der Waals surface area contributed by atoms with Crippen molar-refractivity contribution in [1.82, 2.24) is 4.90 Å². The monoisotopic (exact) mass is 471 g/mol. The van der Waals surface area contributed by atoms with Crippen molar-refractivity contribution in [2.45, 2.75) is 19.3 Å². The molecule has 0 radical (unpaired) electrons. The summed E-state index contributed by atoms with van der Waals surface area (Å²) in [5.74, 6) is 2.83. The second-order valence-electron chi connectivity index (χ2n) is 9.04. The van der Waals surface area contributed by atoms with Crippen LogP contribution >= 0.6 is 11.3 Å². The lowest BCUT2D eigenvalue weighted by atomic mass is 9.92. The Labute approximate surface area is 204 Å². The van der Waals surface area contributed by atoms with Crippen molar-refractivity contribution < 1.29 is 14.2 Å². The first-order valence-electron chi connectivity index (χ1n) is 12.0. The Bertz CT molecular complexity index is 1320. The van der Waals surface area contributed by atoms with E-state index >= 15 is 0 Å². The smallest absolute Gasteiger partial charge is 0.120 e. The van der Waals surface area contributed by atoms with Gasteiger partial charge in [0.15, 0.2) is 0 Å². The van der Waals surface area contributed by atoms with Gasteiger partial charge >= 0.3 is 0 Å². The van der Waals surface area contributed by atoms with Crippen LogP contribution in [0.4, 0.5) is 0 Å². The normalized spacial score (nSPS) is 17.5. The maximum absolute atomic E-state index is 6.07. The number of thiophene rings is 1. The van der Waals surface area contributed by atoms with Gasteiger partial charge in [0.25, 0.3) is 0 Å². The van der Waals surface area contributed by atoms with Crippen molar-refractivity contribution in [1.29, 1.82) is 0 Å². The van der Waals surface area contributed by atoms with Crippen LogP contribution in [-0.2, 0) is 4.74 Å². The number of hydrogen-bond acceptors (Lipinski definition) is 5. The van der Waals surface area contributed by atoms with Crippen LogP contribution in [0.2, 0.25) is 0 Å². The molecule has 34 heavy (non-hydrogen) atoms. The van der Waals surface area contributed by atoms with E-state index in [-0.39, 0.29) is 0 Å². The Morgan fingerprint density at radius 2 is 1.71 bits per heavy atom. The molecule has 1 aliphatic heterocycles. The molecule has 4 nitrogen and oxygen atoms in total. The van der Waals surface area contributed by atoms with E-state index in [9.17, 15) is 0 Å². The summed E-state index contributed by atoms with van der Waals surface area (Å²) >= 11 is 1.85. The number of nitrogens with zero attached hydrogens (tertiary/aromatic N) is 1. The zero-order valence-corrected chi connectivity index (χ0v) is 20.5. The fourth-order valence-corrected chi connectivity index (χ4v) is 6.60. The summed E-state index contributed by atoms with van der Waals surface area (Å²) in [5.41, 5.74) is 6.53. The van der Waals surface area contributed by atoms with Crippen LogP contribution in [-0.4, -0.2) is 45.4 Å². The summed E-state index contributed by atoms with van der Waals surface area (Å²) in [6.07, 6.45) is 7.76. The molecular formula is C29H29NO3S. The lowest BCUT2D eigenvalue weighted by Gasteiger charge is -2.17. The van der Waals surface area contributed by atoms with Crippen LogP contribution < -0.4 is 9.47 Å². The van der Waals surface area contributed by atoms with Gasteiger partial charge in [-0.1, -0.05) is 12.1 Å². The van der Waals surface area contributed by atoms with Gasteiger partial charge in [-0.15, -0.1) is 11.3 Å². The Kier molecular flexibility index (Phi) is 5.67. The van der Waals surface area contributed by atoms with E-state index in [1.54, 1.807) is 14.2 Å². The van der Waals surface area contributed by atoms with Crippen LogP contribution in [0.5, 0.6) is 11.5 Å². The highest BCUT2D eigenvalue weighted by atomic mass is 32.1. The molecule has 0 atom stereocenters. The van der Waals surface area contributed by atoms with Gasteiger partial charge in [0.2, 0.25) is 0 Å². The average Bonchev–Trinajstić information content (AvgIpc) is 3.59. The highest BCUT2D eigenvalue weighted by molar-refractivity contribution is 7.20. The van der Waals surface area contributed by atoms with Crippen molar-refractivity contribution in [3.63, 3.8) is 0 Å². The van der Waals surface area contributed by atoms with Gasteiger partial charge in [-0.05, 0) is 90.7 Å². The first-order chi connectivity index (χ1) is 16.7. The highest BCUT2D eigenvalue weighted by Crippen LogP contribution is 2.54. The molecular weight excluding hydrogens is 442 g/mol. The minimum Gasteiger partial charge on any atom is -0.501 e. The fourth-order valence-electron chi connectivity index (χ4n) is 5.31. The molecule has 0 spiro atoms. The molecule has 0 unspecified atom stereocenters. The maximum Gasteiger partial charge on any atom is 0.120 e. The van der Waals surface area contributed by atoms with Gasteiger partial charge in [-0.25, -0.2) is 0 Å². The first-order valence-corrected chi connectivity index (χ1v) is 12.8. The molecule has 6 rings (SSSR count). The third kappa shape index (κ3) is 3.73. The number of fused-ring (bicyclic) bond motifs is 5. The first kappa shape index (κ1) is 21.5. The minimum absolute atomic E-state index is 0.739. The number of allylic oxidation sites excluding steroid dienone is 4. The van der Waals surface area contributed by atoms with Crippen LogP contribution in [0.3, 0.4) is 0 Å². The number of ether oxygens (including phenoxy) is 3. The molecule has 0 amide bonds. The number of hydrogen-bond donors (Lipinski definition) is 0. The third-order valence-corrected chi connectivity index (χ3v) is 8.27. The molecule has 3 aromatic rings. The molecule has 2 aliphatic carbocycles.